The zero-order chi connectivity index (χ0) is 6.73. The van der Waals surface area contributed by atoms with Crippen LogP contribution in [0.15, 0.2) is 0 Å². The summed E-state index contributed by atoms with van der Waals surface area (Å²) in [6, 6.07) is 0. The summed E-state index contributed by atoms with van der Waals surface area (Å²) in [7, 11) is 0. The first-order chi connectivity index (χ1) is 3.55. The van der Waals surface area contributed by atoms with E-state index in [2.05, 4.69) is 9.74 Å². The van der Waals surface area contributed by atoms with Gasteiger partial charge in [-0.2, -0.15) is 0 Å². The van der Waals surface area contributed by atoms with Gasteiger partial charge in [-0.15, -0.1) is 0 Å². The fraction of sp³-hybridized carbons (Fsp3) is 0.800. The van der Waals surface area contributed by atoms with E-state index in [0.717, 1.165) is 0 Å². The van der Waals surface area contributed by atoms with Crippen LogP contribution in [0.25, 0.3) is 0 Å². The number of carboxylic acids is 1. The molecular weight excluding hydrogens is 214 g/mol. The fourth-order valence-corrected chi connectivity index (χ4v) is 1.48. The monoisotopic (exact) mass is 224 g/mol. The Morgan fingerprint density at radius 2 is 2.00 bits per heavy atom. The summed E-state index contributed by atoms with van der Waals surface area (Å²) < 4.78 is -0.0296. The summed E-state index contributed by atoms with van der Waals surface area (Å²) in [5, 5.41) is 8.40. The fourth-order valence-electron chi connectivity index (χ4n) is 0.221. The van der Waals surface area contributed by atoms with Gasteiger partial charge in [-0.1, -0.05) is 0 Å². The van der Waals surface area contributed by atoms with Crippen LogP contribution in [0.4, 0.5) is 0 Å². The van der Waals surface area contributed by atoms with Gasteiger partial charge in [-0.25, -0.2) is 0 Å². The molecule has 1 atom stereocenters. The number of hydrogen-bond acceptors (Lipinski definition) is 1. The van der Waals surface area contributed by atoms with E-state index in [4.69, 9.17) is 5.11 Å². The SMILES string of the molecule is C[CH](C(=O)O)[Sb]([CH3])[CH3]. The summed E-state index contributed by atoms with van der Waals surface area (Å²) in [6.07, 6.45) is 0. The Morgan fingerprint density at radius 1 is 1.62 bits per heavy atom. The van der Waals surface area contributed by atoms with E-state index in [1.165, 1.54) is 0 Å². The van der Waals surface area contributed by atoms with E-state index >= 15 is 0 Å². The number of hydrogen-bond donors (Lipinski definition) is 1. The van der Waals surface area contributed by atoms with E-state index in [-0.39, 0.29) is 3.86 Å². The van der Waals surface area contributed by atoms with Crippen molar-refractivity contribution in [3.63, 3.8) is 0 Å². The molecule has 0 rings (SSSR count). The second kappa shape index (κ2) is 3.34. The van der Waals surface area contributed by atoms with Gasteiger partial charge in [0.1, 0.15) is 0 Å². The molecule has 0 aromatic heterocycles. The molecule has 0 radical (unpaired) electrons. The molecule has 0 aliphatic carbocycles. The molecule has 0 aliphatic rings. The first-order valence-electron chi connectivity index (χ1n) is 2.45. The molecule has 1 N–H and O–H groups in total. The Bertz CT molecular complexity index is 90.4. The molecule has 0 aromatic carbocycles. The Kier molecular flexibility index (Phi) is 3.46. The van der Waals surface area contributed by atoms with Crippen molar-refractivity contribution in [1.29, 1.82) is 0 Å². The van der Waals surface area contributed by atoms with Gasteiger partial charge in [0.25, 0.3) is 0 Å². The Hall–Kier alpha value is 0.288. The van der Waals surface area contributed by atoms with Gasteiger partial charge < -0.3 is 0 Å². The van der Waals surface area contributed by atoms with Crippen molar-refractivity contribution < 1.29 is 9.90 Å². The average Bonchev–Trinajstić information content (AvgIpc) is 1.64. The van der Waals surface area contributed by atoms with Crippen molar-refractivity contribution in [3.8, 4) is 0 Å². The van der Waals surface area contributed by atoms with Crippen LogP contribution in [0.2, 0.25) is 13.6 Å². The Morgan fingerprint density at radius 3 is 2.00 bits per heavy atom. The number of aliphatic carboxylic acids is 1. The molecule has 48 valence electrons. The van der Waals surface area contributed by atoms with E-state index in [1.807, 2.05) is 0 Å². The van der Waals surface area contributed by atoms with Crippen LogP contribution in [-0.2, 0) is 4.79 Å². The standard InChI is InChI=1S/C3H5O2.2CH3.Sb/c1-2-3(4)5;;;/h2H,1H3,(H,4,5);2*1H3;. The molecule has 8 heavy (non-hydrogen) atoms. The summed E-state index contributed by atoms with van der Waals surface area (Å²) in [6.45, 7) is 1.80. The normalized spacial score (nSPS) is 14.0. The third kappa shape index (κ3) is 2.56. The van der Waals surface area contributed by atoms with Crippen molar-refractivity contribution in [2.75, 3.05) is 0 Å². The Labute approximate surface area is 56.8 Å². The number of carboxylic acid groups (broad SMARTS) is 1. The topological polar surface area (TPSA) is 37.3 Å². The minimum atomic E-state index is -1.29. The summed E-state index contributed by atoms with van der Waals surface area (Å²) in [4.78, 5) is 14.4. The third-order valence-electron chi connectivity index (χ3n) is 1.13. The third-order valence-corrected chi connectivity index (χ3v) is 6.18. The van der Waals surface area contributed by atoms with Gasteiger partial charge in [0.05, 0.1) is 0 Å². The molecule has 0 bridgehead atoms. The van der Waals surface area contributed by atoms with Crippen LogP contribution in [0.1, 0.15) is 6.92 Å². The number of rotatable bonds is 2. The molecule has 0 fully saturated rings. The van der Waals surface area contributed by atoms with Crippen LogP contribution in [0, 0.1) is 0 Å². The zero-order valence-electron chi connectivity index (χ0n) is 5.38. The van der Waals surface area contributed by atoms with Gasteiger partial charge in [0.2, 0.25) is 0 Å². The van der Waals surface area contributed by atoms with Gasteiger partial charge in [-0.3, -0.25) is 0 Å². The van der Waals surface area contributed by atoms with Crippen LogP contribution in [0.3, 0.4) is 0 Å². The van der Waals surface area contributed by atoms with Crippen molar-refractivity contribution in [3.05, 3.63) is 0 Å². The Balaban J connectivity index is 3.64. The second-order valence-electron chi connectivity index (χ2n) is 1.98. The first-order valence-corrected chi connectivity index (χ1v) is 9.03. The van der Waals surface area contributed by atoms with Crippen LogP contribution in [0.5, 0.6) is 0 Å². The first kappa shape index (κ1) is 8.29. The second-order valence-corrected chi connectivity index (χ2v) is 9.69. The summed E-state index contributed by atoms with van der Waals surface area (Å²) in [5.41, 5.74) is 0. The zero-order valence-corrected chi connectivity index (χ0v) is 7.93. The molecule has 0 amide bonds. The summed E-state index contributed by atoms with van der Waals surface area (Å²) in [5.74, 6) is -0.627. The molecule has 0 heterocycles. The van der Waals surface area contributed by atoms with E-state index in [0.29, 0.717) is 0 Å². The summed E-state index contributed by atoms with van der Waals surface area (Å²) >= 11 is -1.29. The van der Waals surface area contributed by atoms with Crippen molar-refractivity contribution >= 4 is 26.2 Å². The van der Waals surface area contributed by atoms with Crippen molar-refractivity contribution in [2.45, 2.75) is 20.5 Å². The molecular formula is C5H11O2Sb. The molecule has 0 saturated heterocycles. The van der Waals surface area contributed by atoms with Crippen molar-refractivity contribution in [2.24, 2.45) is 0 Å². The van der Waals surface area contributed by atoms with E-state index < -0.39 is 26.2 Å². The predicted octanol–water partition coefficient (Wildman–Crippen LogP) is 1.22. The maximum absolute atomic E-state index is 10.2. The molecule has 0 saturated carbocycles. The van der Waals surface area contributed by atoms with Gasteiger partial charge >= 0.3 is 56.6 Å². The van der Waals surface area contributed by atoms with Crippen LogP contribution in [-0.4, -0.2) is 31.3 Å². The van der Waals surface area contributed by atoms with E-state index in [1.54, 1.807) is 6.92 Å². The van der Waals surface area contributed by atoms with E-state index in [9.17, 15) is 4.79 Å². The quantitative estimate of drug-likeness (QED) is 0.717. The molecule has 2 nitrogen and oxygen atoms in total. The molecule has 0 spiro atoms. The number of carbonyl (C=O) groups is 1. The average molecular weight is 225 g/mol. The van der Waals surface area contributed by atoms with Gasteiger partial charge in [0, 0.05) is 0 Å². The molecule has 3 heteroatoms. The van der Waals surface area contributed by atoms with Gasteiger partial charge in [0.15, 0.2) is 0 Å². The van der Waals surface area contributed by atoms with Gasteiger partial charge in [-0.05, 0) is 0 Å². The molecule has 0 aliphatic heterocycles. The maximum atomic E-state index is 10.2. The molecule has 1 unspecified atom stereocenters. The van der Waals surface area contributed by atoms with Crippen molar-refractivity contribution in [1.82, 2.24) is 0 Å². The predicted molar refractivity (Wildman–Crippen MR) is 34.5 cm³/mol. The molecule has 0 aromatic rings. The van der Waals surface area contributed by atoms with Crippen LogP contribution < -0.4 is 0 Å². The van der Waals surface area contributed by atoms with Crippen LogP contribution >= 0.6 is 0 Å². The minimum absolute atomic E-state index is 0.0296.